The number of aryl methyl sites for hydroxylation is 1. The van der Waals surface area contributed by atoms with Crippen LogP contribution in [0.15, 0.2) is 11.0 Å². The Morgan fingerprint density at radius 2 is 1.58 bits per heavy atom. The molecular weight excluding hydrogens is 495 g/mol. The van der Waals surface area contributed by atoms with Gasteiger partial charge in [0.05, 0.1) is 6.61 Å². The van der Waals surface area contributed by atoms with Crippen LogP contribution < -0.4 is 11.4 Å². The van der Waals surface area contributed by atoms with E-state index in [2.05, 4.69) is 13.6 Å². The molecule has 0 aliphatic carbocycles. The molecule has 0 saturated carbocycles. The maximum Gasteiger partial charge on any atom is 0.490 e. The minimum atomic E-state index is -5.46. The van der Waals surface area contributed by atoms with Gasteiger partial charge in [0, 0.05) is 11.8 Å². The van der Waals surface area contributed by atoms with Gasteiger partial charge in [0.25, 0.3) is 0 Å². The van der Waals surface area contributed by atoms with Gasteiger partial charge in [-0.3, -0.25) is 4.57 Å². The predicted octanol–water partition coefficient (Wildman–Crippen LogP) is -2.95. The van der Waals surface area contributed by atoms with Crippen molar-refractivity contribution in [1.29, 1.82) is 0 Å². The number of aliphatic hydroxyl groups is 3. The molecule has 2 rings (SSSR count). The van der Waals surface area contributed by atoms with Crippen molar-refractivity contribution in [2.45, 2.75) is 31.5 Å². The number of phosphoric acid groups is 3. The lowest BCUT2D eigenvalue weighted by atomic mass is 10.1. The zero-order valence-corrected chi connectivity index (χ0v) is 18.0. The Kier molecular flexibility index (Phi) is 9.24. The van der Waals surface area contributed by atoms with E-state index in [1.807, 2.05) is 0 Å². The molecule has 0 spiro atoms. The fraction of sp³-hybridized carbons (Fsp3) is 0.600. The number of nitrogen functional groups attached to an aromatic ring is 1. The van der Waals surface area contributed by atoms with Crippen molar-refractivity contribution >= 4 is 29.3 Å². The van der Waals surface area contributed by atoms with Gasteiger partial charge >= 0.3 is 29.2 Å². The van der Waals surface area contributed by atoms with Crippen LogP contribution in [0.5, 0.6) is 0 Å². The van der Waals surface area contributed by atoms with Gasteiger partial charge in [0.15, 0.2) is 6.23 Å². The minimum Gasteiger partial charge on any atom is -0.394 e. The van der Waals surface area contributed by atoms with Gasteiger partial charge in [-0.25, -0.2) is 18.5 Å². The molecule has 1 aliphatic heterocycles. The molecule has 1 aliphatic rings. The fourth-order valence-electron chi connectivity index (χ4n) is 2.15. The van der Waals surface area contributed by atoms with E-state index in [-0.39, 0.29) is 5.82 Å². The number of anilines is 1. The first-order chi connectivity index (χ1) is 13.9. The zero-order chi connectivity index (χ0) is 24.4. The Morgan fingerprint density at radius 1 is 1.10 bits per heavy atom. The fourth-order valence-corrected chi connectivity index (χ4v) is 4.69. The first kappa shape index (κ1) is 28.0. The van der Waals surface area contributed by atoms with Crippen molar-refractivity contribution in [3.63, 3.8) is 0 Å². The topological polar surface area (TPSA) is 302 Å². The summed E-state index contributed by atoms with van der Waals surface area (Å²) in [6.45, 7) is 1.20. The molecular formula is C10H20N3O15P3. The summed E-state index contributed by atoms with van der Waals surface area (Å²) in [5.41, 5.74) is 5.35. The lowest BCUT2D eigenvalue weighted by Gasteiger charge is -2.17. The van der Waals surface area contributed by atoms with Crippen LogP contribution in [0.1, 0.15) is 11.8 Å². The lowest BCUT2D eigenvalue weighted by Crippen LogP contribution is -2.36. The van der Waals surface area contributed by atoms with E-state index in [1.54, 1.807) is 6.92 Å². The molecule has 18 nitrogen and oxygen atoms in total. The third-order valence-electron chi connectivity index (χ3n) is 3.38. The highest BCUT2D eigenvalue weighted by Gasteiger charge is 2.44. The number of aromatic nitrogens is 2. The van der Waals surface area contributed by atoms with E-state index in [4.69, 9.17) is 40.0 Å². The second-order valence-corrected chi connectivity index (χ2v) is 10.0. The third kappa shape index (κ3) is 8.76. The average Bonchev–Trinajstić information content (AvgIpc) is 2.82. The van der Waals surface area contributed by atoms with Crippen molar-refractivity contribution < 1.29 is 66.8 Å². The molecule has 0 unspecified atom stereocenters. The van der Waals surface area contributed by atoms with E-state index < -0.39 is 60.3 Å². The van der Waals surface area contributed by atoms with Crippen LogP contribution in [0, 0.1) is 6.92 Å². The standard InChI is InChI=1S/C10H15N3O5.H5O10P3/c1-4-2-13(10(17)12-8(4)11)9-7(16)6(15)5(3-14)18-9;1-11(2,3)9-13(7,8)10-12(4,5)6/h2,5-7,9,14-16H,3H2,1H3,(H2,11,12,17);(H,7,8)(H2,1,2,3)(H2,4,5,6)/t5-,6-,7-,9-;/m1./s1. The molecule has 1 aromatic rings. The van der Waals surface area contributed by atoms with E-state index in [9.17, 15) is 28.7 Å². The Bertz CT molecular complexity index is 944. The van der Waals surface area contributed by atoms with E-state index >= 15 is 0 Å². The maximum atomic E-state index is 11.7. The van der Waals surface area contributed by atoms with Crippen LogP contribution in [0.25, 0.3) is 0 Å². The number of nitrogens with zero attached hydrogens (tertiary/aromatic N) is 2. The van der Waals surface area contributed by atoms with Gasteiger partial charge in [0.1, 0.15) is 24.1 Å². The summed E-state index contributed by atoms with van der Waals surface area (Å²) in [4.78, 5) is 55.4. The Morgan fingerprint density at radius 3 is 1.97 bits per heavy atom. The van der Waals surface area contributed by atoms with Crippen LogP contribution in [-0.2, 0) is 27.1 Å². The van der Waals surface area contributed by atoms with Crippen molar-refractivity contribution in [3.05, 3.63) is 22.2 Å². The molecule has 1 saturated heterocycles. The van der Waals surface area contributed by atoms with Crippen LogP contribution in [0.4, 0.5) is 5.82 Å². The second kappa shape index (κ2) is 10.2. The average molecular weight is 515 g/mol. The Balaban J connectivity index is 0.000000330. The quantitative estimate of drug-likeness (QED) is 0.171. The van der Waals surface area contributed by atoms with Crippen molar-refractivity contribution in [1.82, 2.24) is 9.55 Å². The molecule has 0 aromatic carbocycles. The highest BCUT2D eigenvalue weighted by Crippen LogP contribution is 2.64. The second-order valence-electron chi connectivity index (χ2n) is 5.84. The zero-order valence-electron chi connectivity index (χ0n) is 15.3. The number of aliphatic hydroxyl groups excluding tert-OH is 3. The SMILES string of the molecule is Cc1cn([C@@H]2O[C@H](CO)[C@@H](O)[C@H]2O)c(=O)nc1N.O=P(O)(O)OP(=O)(O)OP(=O)(O)O. The Labute approximate surface area is 172 Å². The first-order valence-corrected chi connectivity index (χ1v) is 12.3. The van der Waals surface area contributed by atoms with Gasteiger partial charge in [-0.1, -0.05) is 0 Å². The molecule has 21 heteroatoms. The van der Waals surface area contributed by atoms with Crippen LogP contribution in [0.2, 0.25) is 0 Å². The van der Waals surface area contributed by atoms with Gasteiger partial charge in [-0.15, -0.1) is 0 Å². The van der Waals surface area contributed by atoms with Crippen molar-refractivity contribution in [2.24, 2.45) is 0 Å². The molecule has 1 fully saturated rings. The number of rotatable bonds is 6. The summed E-state index contributed by atoms with van der Waals surface area (Å²) < 4.78 is 42.7. The summed E-state index contributed by atoms with van der Waals surface area (Å²) in [6, 6.07) is 0. The number of nitrogens with two attached hydrogens (primary N) is 1. The van der Waals surface area contributed by atoms with E-state index in [0.717, 1.165) is 4.57 Å². The normalized spacial score (nSPS) is 24.5. The molecule has 180 valence electrons. The van der Waals surface area contributed by atoms with Gasteiger partial charge in [-0.2, -0.15) is 13.6 Å². The monoisotopic (exact) mass is 515 g/mol. The Hall–Kier alpha value is -1.07. The minimum absolute atomic E-state index is 0.1000. The van der Waals surface area contributed by atoms with Gasteiger partial charge in [-0.05, 0) is 6.92 Å². The molecule has 0 radical (unpaired) electrons. The summed E-state index contributed by atoms with van der Waals surface area (Å²) in [5, 5.41) is 28.4. The van der Waals surface area contributed by atoms with Crippen LogP contribution in [-0.4, -0.2) is 74.3 Å². The van der Waals surface area contributed by atoms with E-state index in [1.165, 1.54) is 6.20 Å². The molecule has 0 bridgehead atoms. The molecule has 1 aromatic heterocycles. The number of ether oxygens (including phenoxy) is 1. The number of hydrogen-bond acceptors (Lipinski definition) is 12. The molecule has 2 heterocycles. The highest BCUT2D eigenvalue weighted by molar-refractivity contribution is 7.66. The third-order valence-corrected chi connectivity index (χ3v) is 6.74. The van der Waals surface area contributed by atoms with E-state index in [0.29, 0.717) is 5.56 Å². The highest BCUT2D eigenvalue weighted by atomic mass is 31.3. The van der Waals surface area contributed by atoms with Crippen LogP contribution in [0.3, 0.4) is 0 Å². The van der Waals surface area contributed by atoms with Crippen molar-refractivity contribution in [2.75, 3.05) is 12.3 Å². The summed E-state index contributed by atoms with van der Waals surface area (Å²) in [6.07, 6.45) is -3.20. The summed E-state index contributed by atoms with van der Waals surface area (Å²) in [7, 11) is -16.2. The van der Waals surface area contributed by atoms with Crippen LogP contribution >= 0.6 is 23.5 Å². The lowest BCUT2D eigenvalue weighted by molar-refractivity contribution is -0.0550. The summed E-state index contributed by atoms with van der Waals surface area (Å²) in [5.74, 6) is 0.1000. The van der Waals surface area contributed by atoms with Gasteiger partial charge in [0.2, 0.25) is 0 Å². The largest absolute Gasteiger partial charge is 0.490 e. The predicted molar refractivity (Wildman–Crippen MR) is 96.7 cm³/mol. The molecule has 31 heavy (non-hydrogen) atoms. The van der Waals surface area contributed by atoms with Gasteiger partial charge < -0.3 is 50.3 Å². The molecule has 4 atom stereocenters. The van der Waals surface area contributed by atoms with Crippen molar-refractivity contribution in [3.8, 4) is 0 Å². The molecule has 10 N–H and O–H groups in total. The molecule has 0 amide bonds. The number of hydrogen-bond donors (Lipinski definition) is 9. The summed E-state index contributed by atoms with van der Waals surface area (Å²) >= 11 is 0. The first-order valence-electron chi connectivity index (χ1n) is 7.71. The maximum absolute atomic E-state index is 11.7. The smallest absolute Gasteiger partial charge is 0.394 e.